The molecule has 112 valence electrons. The van der Waals surface area contributed by atoms with E-state index in [1.807, 2.05) is 11.8 Å². The van der Waals surface area contributed by atoms with Crippen molar-refractivity contribution >= 4 is 29.5 Å². The number of aliphatic imine (C=N–C) groups is 1. The summed E-state index contributed by atoms with van der Waals surface area (Å²) in [7, 11) is 0. The van der Waals surface area contributed by atoms with Crippen LogP contribution in [0.15, 0.2) is 4.99 Å². The standard InChI is InChI=1S/C14H29N3S2/c1-4-15-13(16-9-5-6-10-18-3)17-12-14(2)8-7-11-19-14/h4-12H2,1-3H3,(H2,15,16,17). The first-order valence-corrected chi connectivity index (χ1v) is 9.73. The highest BCUT2D eigenvalue weighted by Crippen LogP contribution is 2.37. The highest BCUT2D eigenvalue weighted by molar-refractivity contribution is 8.00. The molecule has 19 heavy (non-hydrogen) atoms. The minimum absolute atomic E-state index is 0.362. The summed E-state index contributed by atoms with van der Waals surface area (Å²) >= 11 is 4.00. The van der Waals surface area contributed by atoms with Crippen LogP contribution in [0.5, 0.6) is 0 Å². The molecule has 0 saturated carbocycles. The number of hydrogen-bond donors (Lipinski definition) is 2. The van der Waals surface area contributed by atoms with Gasteiger partial charge in [0.15, 0.2) is 5.96 Å². The highest BCUT2D eigenvalue weighted by Gasteiger charge is 2.29. The minimum atomic E-state index is 0.362. The lowest BCUT2D eigenvalue weighted by Crippen LogP contribution is -2.39. The summed E-state index contributed by atoms with van der Waals surface area (Å²) in [5.41, 5.74) is 0. The smallest absolute Gasteiger partial charge is 0.191 e. The number of nitrogens with zero attached hydrogens (tertiary/aromatic N) is 1. The quantitative estimate of drug-likeness (QED) is 0.411. The molecule has 1 atom stereocenters. The third-order valence-corrected chi connectivity index (χ3v) is 5.50. The number of thioether (sulfide) groups is 2. The lowest BCUT2D eigenvalue weighted by molar-refractivity contribution is 0.613. The molecule has 5 heteroatoms. The van der Waals surface area contributed by atoms with Crippen molar-refractivity contribution in [3.05, 3.63) is 0 Å². The molecule has 0 amide bonds. The number of hydrogen-bond acceptors (Lipinski definition) is 3. The Labute approximate surface area is 127 Å². The van der Waals surface area contributed by atoms with E-state index in [9.17, 15) is 0 Å². The number of nitrogens with one attached hydrogen (secondary N) is 2. The molecule has 1 aliphatic rings. The Bertz CT molecular complexity index is 263. The average Bonchev–Trinajstić information content (AvgIpc) is 2.83. The Morgan fingerprint density at radius 2 is 2.21 bits per heavy atom. The van der Waals surface area contributed by atoms with Crippen LogP contribution in [0.2, 0.25) is 0 Å². The molecule has 3 nitrogen and oxygen atoms in total. The monoisotopic (exact) mass is 303 g/mol. The van der Waals surface area contributed by atoms with Gasteiger partial charge in [0, 0.05) is 17.8 Å². The van der Waals surface area contributed by atoms with Crippen LogP contribution in [0.4, 0.5) is 0 Å². The van der Waals surface area contributed by atoms with E-state index in [-0.39, 0.29) is 0 Å². The first-order valence-electron chi connectivity index (χ1n) is 7.35. The topological polar surface area (TPSA) is 36.4 Å². The summed E-state index contributed by atoms with van der Waals surface area (Å²) in [5.74, 6) is 3.54. The molecular formula is C14H29N3S2. The summed E-state index contributed by atoms with van der Waals surface area (Å²) in [6.07, 6.45) is 7.31. The van der Waals surface area contributed by atoms with Gasteiger partial charge >= 0.3 is 0 Å². The van der Waals surface area contributed by atoms with Gasteiger partial charge in [-0.3, -0.25) is 4.99 Å². The van der Waals surface area contributed by atoms with Gasteiger partial charge in [0.25, 0.3) is 0 Å². The second-order valence-electron chi connectivity index (χ2n) is 5.22. The molecule has 0 spiro atoms. The molecule has 1 saturated heterocycles. The van der Waals surface area contributed by atoms with Crippen LogP contribution < -0.4 is 10.6 Å². The maximum atomic E-state index is 4.75. The minimum Gasteiger partial charge on any atom is -0.357 e. The molecular weight excluding hydrogens is 274 g/mol. The van der Waals surface area contributed by atoms with E-state index in [2.05, 4.69) is 42.5 Å². The van der Waals surface area contributed by atoms with E-state index < -0.39 is 0 Å². The second-order valence-corrected chi connectivity index (χ2v) is 7.89. The molecule has 0 aromatic carbocycles. The van der Waals surface area contributed by atoms with E-state index in [0.717, 1.165) is 25.6 Å². The van der Waals surface area contributed by atoms with Gasteiger partial charge in [-0.05, 0) is 57.3 Å². The van der Waals surface area contributed by atoms with Crippen molar-refractivity contribution in [3.63, 3.8) is 0 Å². The first-order chi connectivity index (χ1) is 9.20. The van der Waals surface area contributed by atoms with E-state index >= 15 is 0 Å². The van der Waals surface area contributed by atoms with Gasteiger partial charge in [0.05, 0.1) is 6.54 Å². The van der Waals surface area contributed by atoms with Gasteiger partial charge in [-0.15, -0.1) is 0 Å². The third kappa shape index (κ3) is 7.35. The van der Waals surface area contributed by atoms with Crippen LogP contribution in [0.3, 0.4) is 0 Å². The van der Waals surface area contributed by atoms with E-state index in [4.69, 9.17) is 4.99 Å². The maximum Gasteiger partial charge on any atom is 0.191 e. The Balaban J connectivity index is 2.29. The lowest BCUT2D eigenvalue weighted by Gasteiger charge is -2.21. The van der Waals surface area contributed by atoms with Crippen molar-refractivity contribution in [2.24, 2.45) is 4.99 Å². The van der Waals surface area contributed by atoms with Crippen molar-refractivity contribution in [2.45, 2.75) is 44.3 Å². The van der Waals surface area contributed by atoms with Gasteiger partial charge in [-0.2, -0.15) is 23.5 Å². The Morgan fingerprint density at radius 1 is 1.37 bits per heavy atom. The molecule has 0 aliphatic carbocycles. The van der Waals surface area contributed by atoms with E-state index in [1.54, 1.807) is 0 Å². The normalized spacial score (nSPS) is 23.6. The highest BCUT2D eigenvalue weighted by atomic mass is 32.2. The molecule has 1 heterocycles. The number of unbranched alkanes of at least 4 members (excludes halogenated alkanes) is 1. The number of guanidine groups is 1. The molecule has 0 aromatic rings. The summed E-state index contributed by atoms with van der Waals surface area (Å²) in [6, 6.07) is 0. The predicted octanol–water partition coefficient (Wildman–Crippen LogP) is 2.97. The summed E-state index contributed by atoms with van der Waals surface area (Å²) in [5, 5.41) is 6.78. The molecule has 1 rings (SSSR count). The van der Waals surface area contributed by atoms with Crippen LogP contribution in [0.1, 0.15) is 39.5 Å². The largest absolute Gasteiger partial charge is 0.357 e. The summed E-state index contributed by atoms with van der Waals surface area (Å²) in [6.45, 7) is 7.35. The van der Waals surface area contributed by atoms with Gasteiger partial charge in [-0.25, -0.2) is 0 Å². The maximum absolute atomic E-state index is 4.75. The molecule has 0 bridgehead atoms. The Morgan fingerprint density at radius 3 is 2.84 bits per heavy atom. The second kappa shape index (κ2) is 9.81. The summed E-state index contributed by atoms with van der Waals surface area (Å²) < 4.78 is 0.362. The average molecular weight is 304 g/mol. The van der Waals surface area contributed by atoms with Gasteiger partial charge in [-0.1, -0.05) is 0 Å². The predicted molar refractivity (Wildman–Crippen MR) is 91.7 cm³/mol. The molecule has 1 unspecified atom stereocenters. The lowest BCUT2D eigenvalue weighted by atomic mass is 10.1. The van der Waals surface area contributed by atoms with Crippen LogP contribution in [0.25, 0.3) is 0 Å². The van der Waals surface area contributed by atoms with Gasteiger partial charge in [0.2, 0.25) is 0 Å². The van der Waals surface area contributed by atoms with Crippen LogP contribution in [-0.2, 0) is 0 Å². The molecule has 1 aliphatic heterocycles. The van der Waals surface area contributed by atoms with Crippen molar-refractivity contribution in [2.75, 3.05) is 37.4 Å². The zero-order valence-electron chi connectivity index (χ0n) is 12.6. The van der Waals surface area contributed by atoms with Crippen LogP contribution in [-0.4, -0.2) is 48.1 Å². The molecule has 2 N–H and O–H groups in total. The fourth-order valence-corrected chi connectivity index (χ4v) is 3.85. The van der Waals surface area contributed by atoms with Crippen LogP contribution in [0, 0.1) is 0 Å². The molecule has 0 radical (unpaired) electrons. The fraction of sp³-hybridized carbons (Fsp3) is 0.929. The fourth-order valence-electron chi connectivity index (χ4n) is 2.13. The van der Waals surface area contributed by atoms with Crippen molar-refractivity contribution < 1.29 is 0 Å². The molecule has 1 fully saturated rings. The van der Waals surface area contributed by atoms with Crippen molar-refractivity contribution in [1.29, 1.82) is 0 Å². The van der Waals surface area contributed by atoms with E-state index in [1.165, 1.54) is 37.2 Å². The van der Waals surface area contributed by atoms with E-state index in [0.29, 0.717) is 4.75 Å². The Hall–Kier alpha value is -0.0300. The molecule has 0 aromatic heterocycles. The summed E-state index contributed by atoms with van der Waals surface area (Å²) in [4.78, 5) is 4.75. The first kappa shape index (κ1) is 17.0. The van der Waals surface area contributed by atoms with Gasteiger partial charge in [0.1, 0.15) is 0 Å². The SMILES string of the molecule is CCNC(=NCC1(C)CCCS1)NCCCCSC. The van der Waals surface area contributed by atoms with Crippen LogP contribution >= 0.6 is 23.5 Å². The van der Waals surface area contributed by atoms with Gasteiger partial charge < -0.3 is 10.6 Å². The Kier molecular flexibility index (Phi) is 8.79. The van der Waals surface area contributed by atoms with Crippen molar-refractivity contribution in [1.82, 2.24) is 10.6 Å². The zero-order chi connectivity index (χ0) is 14.0. The van der Waals surface area contributed by atoms with Crippen molar-refractivity contribution in [3.8, 4) is 0 Å². The number of rotatable bonds is 8. The zero-order valence-corrected chi connectivity index (χ0v) is 14.3. The third-order valence-electron chi connectivity index (χ3n) is 3.28.